The molecule has 5 nitrogen and oxygen atoms in total. The van der Waals surface area contributed by atoms with Crippen molar-refractivity contribution in [1.29, 1.82) is 0 Å². The van der Waals surface area contributed by atoms with Gasteiger partial charge in [0, 0.05) is 29.1 Å². The second-order valence-corrected chi connectivity index (χ2v) is 7.39. The van der Waals surface area contributed by atoms with Crippen LogP contribution in [0.4, 0.5) is 0 Å². The van der Waals surface area contributed by atoms with Gasteiger partial charge in [-0.05, 0) is 19.1 Å². The van der Waals surface area contributed by atoms with Crippen LogP contribution >= 0.6 is 0 Å². The van der Waals surface area contributed by atoms with Gasteiger partial charge in [-0.25, -0.2) is 0 Å². The molecule has 0 aliphatic rings. The van der Waals surface area contributed by atoms with E-state index >= 15 is 0 Å². The lowest BCUT2D eigenvalue weighted by molar-refractivity contribution is 0.353. The topological polar surface area (TPSA) is 46.2 Å². The number of methoxy groups -OCH3 is 4. The third kappa shape index (κ3) is 3.83. The highest BCUT2D eigenvalue weighted by molar-refractivity contribution is 6.81. The maximum absolute atomic E-state index is 6.14. The quantitative estimate of drug-likeness (QED) is 0.678. The number of rotatable bonds is 8. The molecular weight excluding hydrogens is 324 g/mol. The van der Waals surface area contributed by atoms with E-state index in [9.17, 15) is 0 Å². The molecule has 0 aromatic heterocycles. The van der Waals surface area contributed by atoms with Crippen LogP contribution in [0.15, 0.2) is 36.4 Å². The summed E-state index contributed by atoms with van der Waals surface area (Å²) < 4.78 is 27.8. The predicted molar refractivity (Wildman–Crippen MR) is 97.1 cm³/mol. The maximum atomic E-state index is 6.14. The maximum Gasteiger partial charge on any atom is 0.247 e. The molecule has 2 rings (SSSR count). The zero-order valence-electron chi connectivity index (χ0n) is 14.8. The van der Waals surface area contributed by atoms with Crippen molar-refractivity contribution >= 4 is 19.4 Å². The minimum atomic E-state index is -1.99. The average molecular weight is 348 g/mol. The molecule has 0 radical (unpaired) electrons. The summed E-state index contributed by atoms with van der Waals surface area (Å²) in [5.74, 6) is 3.03. The lowest BCUT2D eigenvalue weighted by Gasteiger charge is -2.21. The molecule has 0 fully saturated rings. The van der Waals surface area contributed by atoms with Gasteiger partial charge in [-0.2, -0.15) is 0 Å². The van der Waals surface area contributed by atoms with Crippen molar-refractivity contribution in [3.05, 3.63) is 36.4 Å². The summed E-state index contributed by atoms with van der Waals surface area (Å²) in [5, 5.41) is 2.09. The molecule has 2 aromatic rings. The zero-order chi connectivity index (χ0) is 17.5. The van der Waals surface area contributed by atoms with Crippen LogP contribution in [0, 0.1) is 0 Å². The van der Waals surface area contributed by atoms with Gasteiger partial charge in [0.15, 0.2) is 0 Å². The molecule has 0 unspecified atom stereocenters. The molecule has 24 heavy (non-hydrogen) atoms. The van der Waals surface area contributed by atoms with E-state index in [-0.39, 0.29) is 0 Å². The average Bonchev–Trinajstić information content (AvgIpc) is 2.65. The van der Waals surface area contributed by atoms with Crippen LogP contribution in [-0.4, -0.2) is 44.1 Å². The third-order valence-electron chi connectivity index (χ3n) is 3.78. The molecule has 0 spiro atoms. The molecular formula is C18H24O5Si. The monoisotopic (exact) mass is 348 g/mol. The predicted octanol–water partition coefficient (Wildman–Crippen LogP) is 1.60. The third-order valence-corrected chi connectivity index (χ3v) is 6.53. The second-order valence-electron chi connectivity index (χ2n) is 5.05. The Morgan fingerprint density at radius 2 is 1.17 bits per heavy atom. The number of hydrogen-bond donors (Lipinski definition) is 0. The van der Waals surface area contributed by atoms with E-state index in [2.05, 4.69) is 0 Å². The van der Waals surface area contributed by atoms with Gasteiger partial charge in [-0.1, -0.05) is 12.1 Å². The Kier molecular flexibility index (Phi) is 6.51. The molecule has 0 saturated heterocycles. The number of hydrogen-bond acceptors (Lipinski definition) is 5. The molecule has 0 heterocycles. The van der Waals surface area contributed by atoms with Crippen molar-refractivity contribution in [2.45, 2.75) is 6.92 Å². The van der Waals surface area contributed by atoms with Crippen LogP contribution in [0.25, 0.3) is 0 Å². The van der Waals surface area contributed by atoms with Gasteiger partial charge in [0.25, 0.3) is 0 Å². The summed E-state index contributed by atoms with van der Waals surface area (Å²) in [7, 11) is 4.59. The lowest BCUT2D eigenvalue weighted by Crippen LogP contribution is -2.46. The molecule has 0 saturated carbocycles. The van der Waals surface area contributed by atoms with Gasteiger partial charge in [0.2, 0.25) is 9.04 Å². The number of benzene rings is 2. The molecule has 0 amide bonds. The summed E-state index contributed by atoms with van der Waals surface area (Å²) in [6, 6.07) is 11.6. The summed E-state index contributed by atoms with van der Waals surface area (Å²) in [5.41, 5.74) is 0. The van der Waals surface area contributed by atoms with Crippen molar-refractivity contribution in [2.24, 2.45) is 0 Å². The molecule has 0 atom stereocenters. The summed E-state index contributed by atoms with van der Waals surface area (Å²) in [6.45, 7) is 2.60. The van der Waals surface area contributed by atoms with E-state index < -0.39 is 9.04 Å². The largest absolute Gasteiger partial charge is 0.497 e. The van der Waals surface area contributed by atoms with E-state index in [0.29, 0.717) is 6.61 Å². The Labute approximate surface area is 144 Å². The van der Waals surface area contributed by atoms with Gasteiger partial charge in [-0.15, -0.1) is 0 Å². The van der Waals surface area contributed by atoms with Crippen molar-refractivity contribution < 1.29 is 23.4 Å². The molecule has 2 aromatic carbocycles. The fraction of sp³-hybridized carbons (Fsp3) is 0.333. The molecule has 0 N–H and O–H groups in total. The Balaban J connectivity index is 2.54. The first-order valence-electron chi connectivity index (χ1n) is 7.73. The molecule has 6 heteroatoms. The fourth-order valence-corrected chi connectivity index (χ4v) is 5.07. The van der Waals surface area contributed by atoms with Gasteiger partial charge in [0.05, 0.1) is 28.4 Å². The molecule has 130 valence electrons. The molecule has 0 aliphatic heterocycles. The second kappa shape index (κ2) is 8.61. The van der Waals surface area contributed by atoms with E-state index in [4.69, 9.17) is 23.4 Å². The van der Waals surface area contributed by atoms with E-state index in [1.54, 1.807) is 28.4 Å². The van der Waals surface area contributed by atoms with Crippen LogP contribution in [-0.2, 0) is 4.43 Å². The Morgan fingerprint density at radius 1 is 0.708 bits per heavy atom. The Bertz CT molecular complexity index is 619. The highest BCUT2D eigenvalue weighted by Gasteiger charge is 2.25. The van der Waals surface area contributed by atoms with Gasteiger partial charge >= 0.3 is 0 Å². The Hall–Kier alpha value is -2.18. The first-order valence-corrected chi connectivity index (χ1v) is 9.36. The first-order chi connectivity index (χ1) is 11.7. The van der Waals surface area contributed by atoms with Crippen molar-refractivity contribution in [2.75, 3.05) is 35.0 Å². The zero-order valence-corrected chi connectivity index (χ0v) is 15.9. The van der Waals surface area contributed by atoms with Gasteiger partial charge in [0.1, 0.15) is 23.0 Å². The van der Waals surface area contributed by atoms with Crippen LogP contribution < -0.4 is 29.3 Å². The highest BCUT2D eigenvalue weighted by Crippen LogP contribution is 2.21. The summed E-state index contributed by atoms with van der Waals surface area (Å²) in [6.07, 6.45) is 0. The minimum absolute atomic E-state index is 0.612. The molecule has 0 bridgehead atoms. The van der Waals surface area contributed by atoms with Crippen LogP contribution in [0.3, 0.4) is 0 Å². The van der Waals surface area contributed by atoms with Crippen LogP contribution in [0.2, 0.25) is 0 Å². The minimum Gasteiger partial charge on any atom is -0.497 e. The molecule has 0 aliphatic carbocycles. The SMILES string of the molecule is CCO[SiH](c1ccc(OC)cc1OC)c1ccc(OC)cc1OC. The standard InChI is InChI=1S/C18H24O5Si/c1-6-23-24(17-9-7-13(19-2)11-15(17)21-4)18-10-8-14(20-3)12-16(18)22-5/h7-12,24H,6H2,1-5H3. The van der Waals surface area contributed by atoms with Crippen LogP contribution in [0.1, 0.15) is 6.92 Å². The Morgan fingerprint density at radius 3 is 1.50 bits per heavy atom. The van der Waals surface area contributed by atoms with Gasteiger partial charge in [-0.3, -0.25) is 0 Å². The normalized spacial score (nSPS) is 10.6. The van der Waals surface area contributed by atoms with E-state index in [1.807, 2.05) is 43.3 Å². The van der Waals surface area contributed by atoms with E-state index in [0.717, 1.165) is 33.4 Å². The lowest BCUT2D eigenvalue weighted by atomic mass is 10.3. The van der Waals surface area contributed by atoms with Crippen LogP contribution in [0.5, 0.6) is 23.0 Å². The summed E-state index contributed by atoms with van der Waals surface area (Å²) >= 11 is 0. The van der Waals surface area contributed by atoms with Crippen molar-refractivity contribution in [3.63, 3.8) is 0 Å². The van der Waals surface area contributed by atoms with Gasteiger partial charge < -0.3 is 23.4 Å². The van der Waals surface area contributed by atoms with Crippen molar-refractivity contribution in [3.8, 4) is 23.0 Å². The smallest absolute Gasteiger partial charge is 0.247 e. The summed E-state index contributed by atoms with van der Waals surface area (Å²) in [4.78, 5) is 0. The fourth-order valence-electron chi connectivity index (χ4n) is 2.58. The van der Waals surface area contributed by atoms with Crippen molar-refractivity contribution in [1.82, 2.24) is 0 Å². The van der Waals surface area contributed by atoms with E-state index in [1.165, 1.54) is 0 Å². The number of ether oxygens (including phenoxy) is 4. The first kappa shape index (κ1) is 18.2. The highest BCUT2D eigenvalue weighted by atomic mass is 28.3.